The van der Waals surface area contributed by atoms with E-state index in [1.807, 2.05) is 30.3 Å². The van der Waals surface area contributed by atoms with Gasteiger partial charge in [-0.2, -0.15) is 0 Å². The molecule has 23 heavy (non-hydrogen) atoms. The molecule has 1 aliphatic heterocycles. The number of aromatic nitrogens is 3. The van der Waals surface area contributed by atoms with Gasteiger partial charge in [0.2, 0.25) is 0 Å². The van der Waals surface area contributed by atoms with Gasteiger partial charge in [-0.25, -0.2) is 4.79 Å². The zero-order valence-electron chi connectivity index (χ0n) is 12.1. The number of benzene rings is 1. The number of ether oxygens (including phenoxy) is 1. The minimum absolute atomic E-state index is 0.266. The summed E-state index contributed by atoms with van der Waals surface area (Å²) in [6.07, 6.45) is -0.334. The van der Waals surface area contributed by atoms with Gasteiger partial charge in [-0.1, -0.05) is 41.9 Å². The summed E-state index contributed by atoms with van der Waals surface area (Å²) in [7, 11) is 0. The second-order valence-electron chi connectivity index (χ2n) is 5.41. The van der Waals surface area contributed by atoms with E-state index in [1.54, 1.807) is 11.0 Å². The number of carbonyl (C=O) groups is 1. The molecule has 0 saturated carbocycles. The molecular weight excluding hydrogens is 316 g/mol. The summed E-state index contributed by atoms with van der Waals surface area (Å²) in [5.74, 6) is 0. The fourth-order valence-corrected chi connectivity index (χ4v) is 2.91. The van der Waals surface area contributed by atoms with Crippen molar-refractivity contribution in [1.29, 1.82) is 0 Å². The van der Waals surface area contributed by atoms with Crippen LogP contribution in [0.15, 0.2) is 36.4 Å². The molecular formula is C16H13ClN4O2. The SMILES string of the molecule is O=C(OCc1ccccc1)N1Cc2[nH]c3nnc(Cl)cc3c2C1. The van der Waals surface area contributed by atoms with Crippen LogP contribution in [-0.4, -0.2) is 26.2 Å². The normalized spacial score (nSPS) is 13.3. The largest absolute Gasteiger partial charge is 0.445 e. The maximum Gasteiger partial charge on any atom is 0.410 e. The summed E-state index contributed by atoms with van der Waals surface area (Å²) in [6, 6.07) is 11.4. The highest BCUT2D eigenvalue weighted by molar-refractivity contribution is 6.29. The Hall–Kier alpha value is -2.60. The van der Waals surface area contributed by atoms with E-state index >= 15 is 0 Å². The summed E-state index contributed by atoms with van der Waals surface area (Å²) < 4.78 is 5.37. The highest BCUT2D eigenvalue weighted by atomic mass is 35.5. The van der Waals surface area contributed by atoms with E-state index in [4.69, 9.17) is 16.3 Å². The first kappa shape index (κ1) is 14.0. The third-order valence-corrected chi connectivity index (χ3v) is 4.07. The van der Waals surface area contributed by atoms with Crippen molar-refractivity contribution in [1.82, 2.24) is 20.1 Å². The van der Waals surface area contributed by atoms with Crippen LogP contribution in [0, 0.1) is 0 Å². The third-order valence-electron chi connectivity index (χ3n) is 3.88. The van der Waals surface area contributed by atoms with Crippen LogP contribution in [0.5, 0.6) is 0 Å². The lowest BCUT2D eigenvalue weighted by molar-refractivity contribution is 0.0953. The van der Waals surface area contributed by atoms with E-state index in [-0.39, 0.29) is 12.7 Å². The van der Waals surface area contributed by atoms with Gasteiger partial charge in [-0.3, -0.25) is 4.90 Å². The lowest BCUT2D eigenvalue weighted by Crippen LogP contribution is -2.26. The molecule has 1 aromatic carbocycles. The van der Waals surface area contributed by atoms with Crippen LogP contribution in [0.4, 0.5) is 4.79 Å². The van der Waals surface area contributed by atoms with Gasteiger partial charge in [0.15, 0.2) is 10.8 Å². The van der Waals surface area contributed by atoms with Crippen LogP contribution in [0.3, 0.4) is 0 Å². The average molecular weight is 329 g/mol. The van der Waals surface area contributed by atoms with E-state index in [2.05, 4.69) is 15.2 Å². The Balaban J connectivity index is 1.47. The summed E-state index contributed by atoms with van der Waals surface area (Å²) >= 11 is 5.90. The van der Waals surface area contributed by atoms with Gasteiger partial charge in [0.1, 0.15) is 6.61 Å². The second-order valence-corrected chi connectivity index (χ2v) is 5.79. The van der Waals surface area contributed by atoms with Gasteiger partial charge >= 0.3 is 6.09 Å². The van der Waals surface area contributed by atoms with Crippen molar-refractivity contribution in [3.8, 4) is 0 Å². The van der Waals surface area contributed by atoms with Crippen molar-refractivity contribution < 1.29 is 9.53 Å². The van der Waals surface area contributed by atoms with Crippen LogP contribution < -0.4 is 0 Å². The molecule has 3 heterocycles. The number of halogens is 1. The van der Waals surface area contributed by atoms with Gasteiger partial charge in [0.05, 0.1) is 13.1 Å². The van der Waals surface area contributed by atoms with Crippen molar-refractivity contribution in [2.24, 2.45) is 0 Å². The number of hydrogen-bond donors (Lipinski definition) is 1. The summed E-state index contributed by atoms with van der Waals surface area (Å²) in [6.45, 7) is 1.21. The Bertz CT molecular complexity index is 878. The molecule has 1 N–H and O–H groups in total. The molecule has 0 unspecified atom stereocenters. The third kappa shape index (κ3) is 2.61. The molecule has 1 aliphatic rings. The van der Waals surface area contributed by atoms with E-state index in [9.17, 15) is 4.79 Å². The molecule has 3 aromatic rings. The molecule has 0 saturated heterocycles. The zero-order chi connectivity index (χ0) is 15.8. The van der Waals surface area contributed by atoms with E-state index in [1.165, 1.54) is 0 Å². The fourth-order valence-electron chi connectivity index (χ4n) is 2.76. The first-order valence-corrected chi connectivity index (χ1v) is 7.57. The minimum atomic E-state index is -0.334. The van der Waals surface area contributed by atoms with Crippen LogP contribution in [-0.2, 0) is 24.4 Å². The number of carbonyl (C=O) groups excluding carboxylic acids is 1. The first-order valence-electron chi connectivity index (χ1n) is 7.19. The van der Waals surface area contributed by atoms with Crippen LogP contribution in [0.2, 0.25) is 5.15 Å². The maximum atomic E-state index is 12.2. The number of fused-ring (bicyclic) bond motifs is 3. The molecule has 4 rings (SSSR count). The Labute approximate surface area is 137 Å². The van der Waals surface area contributed by atoms with Crippen molar-refractivity contribution in [2.75, 3.05) is 0 Å². The van der Waals surface area contributed by atoms with Crippen molar-refractivity contribution in [3.63, 3.8) is 0 Å². The Kier molecular flexibility index (Phi) is 3.38. The molecule has 0 radical (unpaired) electrons. The van der Waals surface area contributed by atoms with Gasteiger partial charge in [0.25, 0.3) is 0 Å². The van der Waals surface area contributed by atoms with Crippen molar-refractivity contribution in [2.45, 2.75) is 19.7 Å². The predicted molar refractivity (Wildman–Crippen MR) is 84.8 cm³/mol. The van der Waals surface area contributed by atoms with Gasteiger partial charge in [-0.15, -0.1) is 10.2 Å². The molecule has 1 amide bonds. The van der Waals surface area contributed by atoms with Crippen LogP contribution in [0.25, 0.3) is 11.0 Å². The molecule has 116 valence electrons. The molecule has 7 heteroatoms. The standard InChI is InChI=1S/C16H13ClN4O2/c17-14-6-11-12-7-21(8-13(12)18-15(11)20-19-14)16(22)23-9-10-4-2-1-3-5-10/h1-6H,7-9H2,(H,18,20). The molecule has 6 nitrogen and oxygen atoms in total. The van der Waals surface area contributed by atoms with Gasteiger partial charge in [0, 0.05) is 16.6 Å². The Morgan fingerprint density at radius 2 is 2.09 bits per heavy atom. The number of nitrogens with zero attached hydrogens (tertiary/aromatic N) is 3. The minimum Gasteiger partial charge on any atom is -0.445 e. The topological polar surface area (TPSA) is 71.1 Å². The number of hydrogen-bond acceptors (Lipinski definition) is 4. The molecule has 0 fully saturated rings. The van der Waals surface area contributed by atoms with Crippen molar-refractivity contribution in [3.05, 3.63) is 58.4 Å². The monoisotopic (exact) mass is 328 g/mol. The smallest absolute Gasteiger partial charge is 0.410 e. The van der Waals surface area contributed by atoms with Crippen LogP contribution >= 0.6 is 11.6 Å². The van der Waals surface area contributed by atoms with E-state index in [0.29, 0.717) is 23.9 Å². The highest BCUT2D eigenvalue weighted by Gasteiger charge is 2.28. The molecule has 0 spiro atoms. The molecule has 0 aliphatic carbocycles. The summed E-state index contributed by atoms with van der Waals surface area (Å²) in [4.78, 5) is 17.1. The first-order chi connectivity index (χ1) is 11.2. The number of rotatable bonds is 2. The molecule has 0 atom stereocenters. The maximum absolute atomic E-state index is 12.2. The fraction of sp³-hybridized carbons (Fsp3) is 0.188. The van der Waals surface area contributed by atoms with Crippen molar-refractivity contribution >= 4 is 28.7 Å². The second kappa shape index (κ2) is 5.55. The molecule has 0 bridgehead atoms. The van der Waals surface area contributed by atoms with E-state index in [0.717, 1.165) is 22.2 Å². The molecule has 2 aromatic heterocycles. The Morgan fingerprint density at radius 1 is 1.26 bits per heavy atom. The average Bonchev–Trinajstić information content (AvgIpc) is 3.12. The highest BCUT2D eigenvalue weighted by Crippen LogP contribution is 2.30. The number of amides is 1. The van der Waals surface area contributed by atoms with Gasteiger partial charge < -0.3 is 9.72 Å². The lowest BCUT2D eigenvalue weighted by Gasteiger charge is -2.15. The van der Waals surface area contributed by atoms with Gasteiger partial charge in [-0.05, 0) is 11.6 Å². The Morgan fingerprint density at radius 3 is 2.91 bits per heavy atom. The zero-order valence-corrected chi connectivity index (χ0v) is 12.9. The lowest BCUT2D eigenvalue weighted by atomic mass is 10.2. The summed E-state index contributed by atoms with van der Waals surface area (Å²) in [5, 5.41) is 9.07. The van der Waals surface area contributed by atoms with Crippen LogP contribution in [0.1, 0.15) is 16.8 Å². The summed E-state index contributed by atoms with van der Waals surface area (Å²) in [5.41, 5.74) is 3.63. The predicted octanol–water partition coefficient (Wildman–Crippen LogP) is 3.26. The number of aromatic amines is 1. The number of H-pyrrole nitrogens is 1. The quantitative estimate of drug-likeness (QED) is 0.783. The number of nitrogens with one attached hydrogen (secondary N) is 1. The van der Waals surface area contributed by atoms with E-state index < -0.39 is 0 Å².